The summed E-state index contributed by atoms with van der Waals surface area (Å²) in [7, 11) is 1.95. The monoisotopic (exact) mass is 190 g/mol. The van der Waals surface area contributed by atoms with E-state index in [2.05, 4.69) is 13.0 Å². The van der Waals surface area contributed by atoms with Crippen molar-refractivity contribution in [3.05, 3.63) is 11.6 Å². The zero-order valence-corrected chi connectivity index (χ0v) is 9.05. The summed E-state index contributed by atoms with van der Waals surface area (Å²) in [5.74, 6) is 2.70. The molecule has 0 bridgehead atoms. The Balaban J connectivity index is 1.87. The molecule has 4 aliphatic rings. The number of allylic oxidation sites excluding steroid dienone is 2. The topological polar surface area (TPSA) is 9.23 Å². The summed E-state index contributed by atoms with van der Waals surface area (Å²) >= 11 is 0. The standard InChI is InChI=1S/C13H18O/c1-8-5-6-12-10(8)7-9-3-4-11(12)13(9,12)14-2/h5,9-11H,3-4,6-7H2,1-2H3/t9-,10+,11?,12?,13-/m0/s1. The molecule has 2 unspecified atom stereocenters. The van der Waals surface area contributed by atoms with Crippen molar-refractivity contribution in [2.75, 3.05) is 7.11 Å². The summed E-state index contributed by atoms with van der Waals surface area (Å²) in [5, 5.41) is 0. The highest BCUT2D eigenvalue weighted by molar-refractivity contribution is 5.43. The fraction of sp³-hybridized carbons (Fsp3) is 0.846. The molecular weight excluding hydrogens is 172 g/mol. The van der Waals surface area contributed by atoms with Gasteiger partial charge in [0.2, 0.25) is 0 Å². The number of rotatable bonds is 1. The van der Waals surface area contributed by atoms with Gasteiger partial charge in [-0.3, -0.25) is 0 Å². The molecule has 14 heavy (non-hydrogen) atoms. The Bertz CT molecular complexity index is 345. The van der Waals surface area contributed by atoms with E-state index in [9.17, 15) is 0 Å². The van der Waals surface area contributed by atoms with Crippen LogP contribution in [0.1, 0.15) is 32.6 Å². The average Bonchev–Trinajstić information content (AvgIpc) is 2.47. The van der Waals surface area contributed by atoms with Gasteiger partial charge in [-0.15, -0.1) is 0 Å². The molecule has 0 aliphatic heterocycles. The number of hydrogen-bond donors (Lipinski definition) is 0. The lowest BCUT2D eigenvalue weighted by Gasteiger charge is -2.20. The van der Waals surface area contributed by atoms with Gasteiger partial charge in [0.15, 0.2) is 0 Å². The first-order valence-corrected chi connectivity index (χ1v) is 5.99. The van der Waals surface area contributed by atoms with Crippen LogP contribution in [0.2, 0.25) is 0 Å². The van der Waals surface area contributed by atoms with E-state index in [-0.39, 0.29) is 0 Å². The second-order valence-corrected chi connectivity index (χ2v) is 5.81. The van der Waals surface area contributed by atoms with Crippen LogP contribution in [-0.2, 0) is 4.74 Å². The fourth-order valence-electron chi connectivity index (χ4n) is 5.67. The maximum absolute atomic E-state index is 5.98. The van der Waals surface area contributed by atoms with E-state index in [0.717, 1.165) is 17.8 Å². The van der Waals surface area contributed by atoms with Crippen LogP contribution in [0.25, 0.3) is 0 Å². The third kappa shape index (κ3) is 0.482. The van der Waals surface area contributed by atoms with Gasteiger partial charge in [0.05, 0.1) is 5.60 Å². The summed E-state index contributed by atoms with van der Waals surface area (Å²) < 4.78 is 5.98. The van der Waals surface area contributed by atoms with Crippen LogP contribution in [0.3, 0.4) is 0 Å². The Morgan fingerprint density at radius 1 is 1.43 bits per heavy atom. The summed E-state index contributed by atoms with van der Waals surface area (Å²) in [6.45, 7) is 2.34. The van der Waals surface area contributed by atoms with Crippen molar-refractivity contribution >= 4 is 0 Å². The number of methoxy groups -OCH3 is 1. The summed E-state index contributed by atoms with van der Waals surface area (Å²) in [6, 6.07) is 0. The molecule has 1 heteroatoms. The van der Waals surface area contributed by atoms with Crippen molar-refractivity contribution in [2.45, 2.75) is 38.2 Å². The highest BCUT2D eigenvalue weighted by Crippen LogP contribution is 2.86. The van der Waals surface area contributed by atoms with Crippen LogP contribution in [-0.4, -0.2) is 12.7 Å². The van der Waals surface area contributed by atoms with E-state index >= 15 is 0 Å². The first-order chi connectivity index (χ1) is 6.77. The van der Waals surface area contributed by atoms with Crippen LogP contribution in [0, 0.1) is 23.2 Å². The van der Waals surface area contributed by atoms with Gasteiger partial charge in [-0.2, -0.15) is 0 Å². The normalized spacial score (nSPS) is 62.4. The van der Waals surface area contributed by atoms with Crippen molar-refractivity contribution in [1.29, 1.82) is 0 Å². The fourth-order valence-corrected chi connectivity index (χ4v) is 5.67. The lowest BCUT2D eigenvalue weighted by atomic mass is 9.87. The van der Waals surface area contributed by atoms with Gasteiger partial charge in [0.25, 0.3) is 0 Å². The molecule has 3 saturated carbocycles. The zero-order valence-electron chi connectivity index (χ0n) is 9.05. The summed E-state index contributed by atoms with van der Waals surface area (Å²) in [6.07, 6.45) is 8.10. The molecule has 4 aliphatic carbocycles. The number of ether oxygens (including phenoxy) is 1. The SMILES string of the molecule is CO[C@]12C3CC[C@H]1C[C@@H]1C(C)=CCC312. The molecule has 4 rings (SSSR count). The minimum absolute atomic E-state index is 0.339. The van der Waals surface area contributed by atoms with Gasteiger partial charge in [-0.25, -0.2) is 0 Å². The second-order valence-electron chi connectivity index (χ2n) is 5.81. The predicted molar refractivity (Wildman–Crippen MR) is 54.9 cm³/mol. The average molecular weight is 190 g/mol. The molecule has 0 aromatic heterocycles. The van der Waals surface area contributed by atoms with Gasteiger partial charge in [-0.1, -0.05) is 11.6 Å². The summed E-state index contributed by atoms with van der Waals surface area (Å²) in [4.78, 5) is 0. The summed E-state index contributed by atoms with van der Waals surface area (Å²) in [5.41, 5.74) is 2.60. The van der Waals surface area contributed by atoms with Crippen LogP contribution in [0.15, 0.2) is 11.6 Å². The van der Waals surface area contributed by atoms with Crippen molar-refractivity contribution in [2.24, 2.45) is 23.2 Å². The molecular formula is C13H18O. The molecule has 1 spiro atoms. The smallest absolute Gasteiger partial charge is 0.0809 e. The van der Waals surface area contributed by atoms with Crippen molar-refractivity contribution in [3.63, 3.8) is 0 Å². The molecule has 0 amide bonds. The van der Waals surface area contributed by atoms with Crippen LogP contribution in [0.5, 0.6) is 0 Å². The first kappa shape index (κ1) is 7.92. The van der Waals surface area contributed by atoms with Gasteiger partial charge in [-0.05, 0) is 50.4 Å². The maximum atomic E-state index is 5.98. The molecule has 1 nitrogen and oxygen atoms in total. The van der Waals surface area contributed by atoms with Crippen molar-refractivity contribution in [3.8, 4) is 0 Å². The predicted octanol–water partition coefficient (Wildman–Crippen LogP) is 2.77. The number of hydrogen-bond acceptors (Lipinski definition) is 1. The second kappa shape index (κ2) is 1.97. The Morgan fingerprint density at radius 2 is 2.29 bits per heavy atom. The first-order valence-electron chi connectivity index (χ1n) is 5.99. The van der Waals surface area contributed by atoms with Crippen LogP contribution in [0.4, 0.5) is 0 Å². The minimum Gasteiger partial charge on any atom is -0.377 e. The molecule has 0 saturated heterocycles. The van der Waals surface area contributed by atoms with Gasteiger partial charge >= 0.3 is 0 Å². The van der Waals surface area contributed by atoms with Crippen LogP contribution < -0.4 is 0 Å². The molecule has 5 atom stereocenters. The van der Waals surface area contributed by atoms with Crippen molar-refractivity contribution < 1.29 is 4.74 Å². The van der Waals surface area contributed by atoms with E-state index < -0.39 is 0 Å². The zero-order chi connectivity index (χ0) is 9.55. The Labute approximate surface area is 85.5 Å². The highest BCUT2D eigenvalue weighted by Gasteiger charge is 2.88. The largest absolute Gasteiger partial charge is 0.377 e. The quantitative estimate of drug-likeness (QED) is 0.578. The van der Waals surface area contributed by atoms with E-state index in [1.807, 2.05) is 7.11 Å². The molecule has 3 fully saturated rings. The van der Waals surface area contributed by atoms with Crippen molar-refractivity contribution in [1.82, 2.24) is 0 Å². The highest BCUT2D eigenvalue weighted by atomic mass is 16.5. The molecule has 0 heterocycles. The van der Waals surface area contributed by atoms with E-state index in [4.69, 9.17) is 4.74 Å². The molecule has 0 N–H and O–H groups in total. The maximum Gasteiger partial charge on any atom is 0.0809 e. The van der Waals surface area contributed by atoms with E-state index in [1.54, 1.807) is 5.57 Å². The van der Waals surface area contributed by atoms with Gasteiger partial charge in [0.1, 0.15) is 0 Å². The minimum atomic E-state index is 0.339. The Hall–Kier alpha value is -0.300. The Morgan fingerprint density at radius 3 is 3.00 bits per heavy atom. The van der Waals surface area contributed by atoms with Crippen LogP contribution >= 0.6 is 0 Å². The third-order valence-electron chi connectivity index (χ3n) is 5.99. The molecule has 0 aromatic rings. The van der Waals surface area contributed by atoms with E-state index in [1.165, 1.54) is 25.7 Å². The van der Waals surface area contributed by atoms with E-state index in [0.29, 0.717) is 11.0 Å². The van der Waals surface area contributed by atoms with Gasteiger partial charge in [0, 0.05) is 12.5 Å². The molecule has 76 valence electrons. The third-order valence-corrected chi connectivity index (χ3v) is 5.99. The molecule has 0 aromatic carbocycles. The molecule has 0 radical (unpaired) electrons. The lowest BCUT2D eigenvalue weighted by molar-refractivity contribution is 0.0226. The Kier molecular flexibility index (Phi) is 1.12. The lowest BCUT2D eigenvalue weighted by Crippen LogP contribution is -2.23. The van der Waals surface area contributed by atoms with Gasteiger partial charge < -0.3 is 4.74 Å².